The average molecular weight is 306 g/mol. The van der Waals surface area contributed by atoms with Crippen LogP contribution in [0.5, 0.6) is 0 Å². The standard InChI is InChI=1S/C12H11BrF3N/c1-2-17-10(7-12(14,15)16)5-8-3-4-9(13)6-11(8)17/h3-6H,2,7H2,1H3. The Morgan fingerprint density at radius 3 is 2.53 bits per heavy atom. The van der Waals surface area contributed by atoms with Crippen LogP contribution >= 0.6 is 15.9 Å². The molecular formula is C12H11BrF3N. The highest BCUT2D eigenvalue weighted by Gasteiger charge is 2.29. The zero-order valence-electron chi connectivity index (χ0n) is 9.18. The molecule has 0 bridgehead atoms. The molecule has 0 saturated heterocycles. The molecule has 0 unspecified atom stereocenters. The first kappa shape index (κ1) is 12.5. The lowest BCUT2D eigenvalue weighted by Crippen LogP contribution is -2.14. The van der Waals surface area contributed by atoms with E-state index in [0.717, 1.165) is 15.4 Å². The third-order valence-corrected chi connectivity index (χ3v) is 3.14. The van der Waals surface area contributed by atoms with Gasteiger partial charge in [-0.05, 0) is 30.5 Å². The third-order valence-electron chi connectivity index (χ3n) is 2.65. The first-order valence-electron chi connectivity index (χ1n) is 5.25. The summed E-state index contributed by atoms with van der Waals surface area (Å²) in [6.07, 6.45) is -5.05. The summed E-state index contributed by atoms with van der Waals surface area (Å²) in [5.74, 6) is 0. The number of alkyl halides is 3. The van der Waals surface area contributed by atoms with Crippen molar-refractivity contribution in [2.45, 2.75) is 26.1 Å². The highest BCUT2D eigenvalue weighted by molar-refractivity contribution is 9.10. The van der Waals surface area contributed by atoms with Crippen LogP contribution in [-0.2, 0) is 13.0 Å². The molecule has 2 aromatic rings. The zero-order valence-corrected chi connectivity index (χ0v) is 10.8. The number of nitrogens with zero attached hydrogens (tertiary/aromatic N) is 1. The number of benzene rings is 1. The highest BCUT2D eigenvalue weighted by atomic mass is 79.9. The summed E-state index contributed by atoms with van der Waals surface area (Å²) in [7, 11) is 0. The minimum Gasteiger partial charge on any atom is -0.345 e. The van der Waals surface area contributed by atoms with Crippen LogP contribution < -0.4 is 0 Å². The van der Waals surface area contributed by atoms with Crippen molar-refractivity contribution in [1.82, 2.24) is 4.57 Å². The molecule has 0 aliphatic heterocycles. The van der Waals surface area contributed by atoms with Gasteiger partial charge in [0.1, 0.15) is 0 Å². The van der Waals surface area contributed by atoms with E-state index in [-0.39, 0.29) is 0 Å². The van der Waals surface area contributed by atoms with Gasteiger partial charge in [0.25, 0.3) is 0 Å². The Labute approximate surface area is 105 Å². The second kappa shape index (κ2) is 4.37. The Bertz CT molecular complexity index is 542. The van der Waals surface area contributed by atoms with E-state index in [1.807, 2.05) is 25.1 Å². The third kappa shape index (κ3) is 2.65. The van der Waals surface area contributed by atoms with Gasteiger partial charge in [-0.1, -0.05) is 22.0 Å². The number of aromatic nitrogens is 1. The van der Waals surface area contributed by atoms with Gasteiger partial charge >= 0.3 is 6.18 Å². The van der Waals surface area contributed by atoms with Gasteiger partial charge in [-0.15, -0.1) is 0 Å². The van der Waals surface area contributed by atoms with Gasteiger partial charge in [-0.3, -0.25) is 0 Å². The molecule has 0 amide bonds. The van der Waals surface area contributed by atoms with Crippen molar-refractivity contribution < 1.29 is 13.2 Å². The molecule has 0 N–H and O–H groups in total. The number of rotatable bonds is 2. The summed E-state index contributed by atoms with van der Waals surface area (Å²) < 4.78 is 39.9. The maximum absolute atomic E-state index is 12.4. The molecule has 1 aromatic carbocycles. The molecule has 17 heavy (non-hydrogen) atoms. The van der Waals surface area contributed by atoms with Crippen LogP contribution in [0.15, 0.2) is 28.7 Å². The number of aryl methyl sites for hydroxylation is 1. The normalized spacial score (nSPS) is 12.3. The van der Waals surface area contributed by atoms with Crippen LogP contribution in [0.3, 0.4) is 0 Å². The largest absolute Gasteiger partial charge is 0.394 e. The Balaban J connectivity index is 2.56. The van der Waals surface area contributed by atoms with Gasteiger partial charge in [0.15, 0.2) is 0 Å². The van der Waals surface area contributed by atoms with Gasteiger partial charge in [-0.25, -0.2) is 0 Å². The van der Waals surface area contributed by atoms with Crippen molar-refractivity contribution in [3.05, 3.63) is 34.4 Å². The average Bonchev–Trinajstić information content (AvgIpc) is 2.51. The van der Waals surface area contributed by atoms with Crippen LogP contribution in [0.2, 0.25) is 0 Å². The summed E-state index contributed by atoms with van der Waals surface area (Å²) in [6, 6.07) is 7.11. The van der Waals surface area contributed by atoms with Gasteiger partial charge in [-0.2, -0.15) is 13.2 Å². The highest BCUT2D eigenvalue weighted by Crippen LogP contribution is 2.28. The lowest BCUT2D eigenvalue weighted by molar-refractivity contribution is -0.128. The zero-order chi connectivity index (χ0) is 12.6. The molecule has 0 aliphatic rings. The minimum absolute atomic E-state index is 0.313. The van der Waals surface area contributed by atoms with E-state index >= 15 is 0 Å². The first-order valence-corrected chi connectivity index (χ1v) is 6.04. The summed E-state index contributed by atoms with van der Waals surface area (Å²) >= 11 is 3.33. The summed E-state index contributed by atoms with van der Waals surface area (Å²) in [4.78, 5) is 0. The van der Waals surface area contributed by atoms with Gasteiger partial charge in [0, 0.05) is 22.2 Å². The molecule has 0 aliphatic carbocycles. The molecule has 0 saturated carbocycles. The van der Waals surface area contributed by atoms with Gasteiger partial charge in [0.05, 0.1) is 6.42 Å². The number of hydrogen-bond donors (Lipinski definition) is 0. The molecule has 1 nitrogen and oxygen atoms in total. The Kier molecular flexibility index (Phi) is 3.21. The van der Waals surface area contributed by atoms with Crippen molar-refractivity contribution in [3.8, 4) is 0 Å². The summed E-state index contributed by atoms with van der Waals surface area (Å²) in [6.45, 7) is 2.38. The maximum Gasteiger partial charge on any atom is 0.394 e. The van der Waals surface area contributed by atoms with Crippen LogP contribution in [0.4, 0.5) is 13.2 Å². The fourth-order valence-corrected chi connectivity index (χ4v) is 2.36. The topological polar surface area (TPSA) is 4.93 Å². The van der Waals surface area contributed by atoms with E-state index in [4.69, 9.17) is 0 Å². The predicted molar refractivity (Wildman–Crippen MR) is 65.1 cm³/mol. The van der Waals surface area contributed by atoms with Crippen LogP contribution in [0, 0.1) is 0 Å². The van der Waals surface area contributed by atoms with Gasteiger partial charge < -0.3 is 4.57 Å². The van der Waals surface area contributed by atoms with E-state index in [0.29, 0.717) is 12.2 Å². The molecule has 2 rings (SSSR count). The van der Waals surface area contributed by atoms with Gasteiger partial charge in [0.2, 0.25) is 0 Å². The molecule has 0 radical (unpaired) electrons. The smallest absolute Gasteiger partial charge is 0.345 e. The molecule has 1 aromatic heterocycles. The second-order valence-corrected chi connectivity index (χ2v) is 4.79. The first-order chi connectivity index (χ1) is 7.90. The molecule has 0 atom stereocenters. The Morgan fingerprint density at radius 1 is 1.24 bits per heavy atom. The molecule has 0 fully saturated rings. The van der Waals surface area contributed by atoms with Crippen molar-refractivity contribution in [3.63, 3.8) is 0 Å². The molecular weight excluding hydrogens is 295 g/mol. The minimum atomic E-state index is -4.17. The van der Waals surface area contributed by atoms with E-state index in [1.165, 1.54) is 0 Å². The number of fused-ring (bicyclic) bond motifs is 1. The molecule has 1 heterocycles. The van der Waals surface area contributed by atoms with E-state index < -0.39 is 12.6 Å². The molecule has 5 heteroatoms. The van der Waals surface area contributed by atoms with Crippen molar-refractivity contribution in [2.75, 3.05) is 0 Å². The van der Waals surface area contributed by atoms with Crippen molar-refractivity contribution in [1.29, 1.82) is 0 Å². The van der Waals surface area contributed by atoms with Crippen molar-refractivity contribution >= 4 is 26.8 Å². The van der Waals surface area contributed by atoms with Crippen LogP contribution in [0.25, 0.3) is 10.9 Å². The van der Waals surface area contributed by atoms with Crippen molar-refractivity contribution in [2.24, 2.45) is 0 Å². The van der Waals surface area contributed by atoms with E-state index in [1.54, 1.807) is 10.6 Å². The predicted octanol–water partition coefficient (Wildman–Crippen LogP) is 4.53. The Morgan fingerprint density at radius 2 is 1.94 bits per heavy atom. The number of hydrogen-bond acceptors (Lipinski definition) is 0. The van der Waals surface area contributed by atoms with Crippen LogP contribution in [-0.4, -0.2) is 10.7 Å². The quantitative estimate of drug-likeness (QED) is 0.768. The number of halogens is 4. The second-order valence-electron chi connectivity index (χ2n) is 3.88. The summed E-state index contributed by atoms with van der Waals surface area (Å²) in [5.41, 5.74) is 1.15. The fraction of sp³-hybridized carbons (Fsp3) is 0.333. The fourth-order valence-electron chi connectivity index (χ4n) is 2.01. The lowest BCUT2D eigenvalue weighted by atomic mass is 10.2. The molecule has 92 valence electrons. The monoisotopic (exact) mass is 305 g/mol. The Hall–Kier alpha value is -0.970. The summed E-state index contributed by atoms with van der Waals surface area (Å²) in [5, 5.41) is 0.842. The molecule has 0 spiro atoms. The van der Waals surface area contributed by atoms with E-state index in [2.05, 4.69) is 15.9 Å². The SMILES string of the molecule is CCn1c(CC(F)(F)F)cc2ccc(Br)cc21. The van der Waals surface area contributed by atoms with Crippen LogP contribution in [0.1, 0.15) is 12.6 Å². The lowest BCUT2D eigenvalue weighted by Gasteiger charge is -2.10. The van der Waals surface area contributed by atoms with E-state index in [9.17, 15) is 13.2 Å². The maximum atomic E-state index is 12.4.